The summed E-state index contributed by atoms with van der Waals surface area (Å²) in [7, 11) is 1.59. The molecule has 3 rings (SSSR count). The minimum absolute atomic E-state index is 0.198. The van der Waals surface area contributed by atoms with Gasteiger partial charge in [-0.2, -0.15) is 0 Å². The number of ether oxygens (including phenoxy) is 2. The number of aromatic nitrogens is 1. The maximum atomic E-state index is 12.9. The van der Waals surface area contributed by atoms with Crippen LogP contribution in [0.3, 0.4) is 0 Å². The molecule has 1 unspecified atom stereocenters. The van der Waals surface area contributed by atoms with E-state index in [4.69, 9.17) is 9.47 Å². The molecule has 1 aliphatic rings. The molecule has 1 fully saturated rings. The summed E-state index contributed by atoms with van der Waals surface area (Å²) >= 11 is 0. The van der Waals surface area contributed by atoms with Gasteiger partial charge < -0.3 is 14.4 Å². The standard InChI is InChI=1S/C18H19N3O5/c1-12-16(9-14(10-19-12)21(23)24)18(22)20-6-7-26-17(11-20)13-4-3-5-15(8-13)25-2/h3-5,8-10,17H,6-7,11H2,1-2H3. The number of benzene rings is 1. The molecule has 1 aliphatic heterocycles. The van der Waals surface area contributed by atoms with Crippen LogP contribution in [0, 0.1) is 17.0 Å². The van der Waals surface area contributed by atoms with Crippen molar-refractivity contribution in [2.24, 2.45) is 0 Å². The molecule has 1 aromatic heterocycles. The highest BCUT2D eigenvalue weighted by molar-refractivity contribution is 5.95. The highest BCUT2D eigenvalue weighted by Gasteiger charge is 2.28. The normalized spacial score (nSPS) is 17.0. The molecule has 0 aliphatic carbocycles. The van der Waals surface area contributed by atoms with Gasteiger partial charge in [0.2, 0.25) is 0 Å². The molecular weight excluding hydrogens is 338 g/mol. The molecule has 136 valence electrons. The molecule has 8 nitrogen and oxygen atoms in total. The second-order valence-electron chi connectivity index (χ2n) is 5.97. The Morgan fingerprint density at radius 1 is 1.42 bits per heavy atom. The zero-order valence-corrected chi connectivity index (χ0v) is 14.5. The van der Waals surface area contributed by atoms with Crippen LogP contribution in [0.1, 0.15) is 27.7 Å². The predicted molar refractivity (Wildman–Crippen MR) is 93.2 cm³/mol. The van der Waals surface area contributed by atoms with Crippen molar-refractivity contribution in [2.75, 3.05) is 26.8 Å². The van der Waals surface area contributed by atoms with Gasteiger partial charge in [-0.25, -0.2) is 0 Å². The monoisotopic (exact) mass is 357 g/mol. The van der Waals surface area contributed by atoms with E-state index in [0.29, 0.717) is 31.1 Å². The number of aryl methyl sites for hydroxylation is 1. The molecule has 0 saturated carbocycles. The van der Waals surface area contributed by atoms with E-state index in [0.717, 1.165) is 11.8 Å². The highest BCUT2D eigenvalue weighted by atomic mass is 16.6. The summed E-state index contributed by atoms with van der Waals surface area (Å²) in [4.78, 5) is 28.9. The first-order chi connectivity index (χ1) is 12.5. The topological polar surface area (TPSA) is 94.8 Å². The first-order valence-corrected chi connectivity index (χ1v) is 8.15. The second-order valence-corrected chi connectivity index (χ2v) is 5.97. The zero-order valence-electron chi connectivity index (χ0n) is 14.5. The van der Waals surface area contributed by atoms with E-state index >= 15 is 0 Å². The number of carbonyl (C=O) groups excluding carboxylic acids is 1. The summed E-state index contributed by atoms with van der Waals surface area (Å²) in [5.41, 5.74) is 1.42. The molecule has 0 N–H and O–H groups in total. The van der Waals surface area contributed by atoms with Gasteiger partial charge in [-0.05, 0) is 24.6 Å². The van der Waals surface area contributed by atoms with Crippen molar-refractivity contribution in [3.05, 3.63) is 63.5 Å². The Morgan fingerprint density at radius 2 is 2.23 bits per heavy atom. The third kappa shape index (κ3) is 3.65. The zero-order chi connectivity index (χ0) is 18.7. The van der Waals surface area contributed by atoms with Gasteiger partial charge in [0.05, 0.1) is 36.4 Å². The third-order valence-corrected chi connectivity index (χ3v) is 4.33. The Labute approximate surface area is 150 Å². The summed E-state index contributed by atoms with van der Waals surface area (Å²) in [6, 6.07) is 8.78. The first kappa shape index (κ1) is 17.8. The van der Waals surface area contributed by atoms with Crippen LogP contribution in [0.2, 0.25) is 0 Å². The fourth-order valence-corrected chi connectivity index (χ4v) is 2.89. The van der Waals surface area contributed by atoms with Crippen molar-refractivity contribution in [3.8, 4) is 5.75 Å². The molecule has 1 amide bonds. The van der Waals surface area contributed by atoms with Crippen molar-refractivity contribution < 1.29 is 19.2 Å². The van der Waals surface area contributed by atoms with Crippen LogP contribution in [0.5, 0.6) is 5.75 Å². The number of nitro groups is 1. The van der Waals surface area contributed by atoms with E-state index in [-0.39, 0.29) is 23.3 Å². The van der Waals surface area contributed by atoms with Crippen molar-refractivity contribution in [1.29, 1.82) is 0 Å². The maximum absolute atomic E-state index is 12.9. The Bertz CT molecular complexity index is 839. The lowest BCUT2D eigenvalue weighted by Gasteiger charge is -2.33. The van der Waals surface area contributed by atoms with Crippen molar-refractivity contribution in [3.63, 3.8) is 0 Å². The van der Waals surface area contributed by atoms with E-state index in [9.17, 15) is 14.9 Å². The van der Waals surface area contributed by atoms with E-state index in [1.807, 2.05) is 24.3 Å². The number of hydrogen-bond acceptors (Lipinski definition) is 6. The van der Waals surface area contributed by atoms with Crippen LogP contribution >= 0.6 is 0 Å². The summed E-state index contributed by atoms with van der Waals surface area (Å²) in [5.74, 6) is 0.433. The summed E-state index contributed by atoms with van der Waals surface area (Å²) in [5, 5.41) is 11.0. The second kappa shape index (κ2) is 7.49. The van der Waals surface area contributed by atoms with E-state index in [1.54, 1.807) is 18.9 Å². The number of pyridine rings is 1. The largest absolute Gasteiger partial charge is 0.497 e. The van der Waals surface area contributed by atoms with Gasteiger partial charge >= 0.3 is 0 Å². The SMILES string of the molecule is COc1cccc(C2CN(C(=O)c3cc([N+](=O)[O-])cnc3C)CCO2)c1. The average molecular weight is 357 g/mol. The van der Waals surface area contributed by atoms with Crippen LogP contribution in [-0.2, 0) is 4.74 Å². The molecule has 0 bridgehead atoms. The summed E-state index contributed by atoms with van der Waals surface area (Å²) in [6.45, 7) is 2.82. The molecule has 2 heterocycles. The fraction of sp³-hybridized carbons (Fsp3) is 0.333. The molecule has 26 heavy (non-hydrogen) atoms. The van der Waals surface area contributed by atoms with Crippen LogP contribution in [0.15, 0.2) is 36.5 Å². The molecule has 1 saturated heterocycles. The number of morpholine rings is 1. The van der Waals surface area contributed by atoms with Gasteiger partial charge in [0.25, 0.3) is 11.6 Å². The molecular formula is C18H19N3O5. The van der Waals surface area contributed by atoms with Crippen LogP contribution in [0.4, 0.5) is 5.69 Å². The minimum Gasteiger partial charge on any atom is -0.497 e. The summed E-state index contributed by atoms with van der Waals surface area (Å²) in [6.07, 6.45) is 0.875. The third-order valence-electron chi connectivity index (χ3n) is 4.33. The highest BCUT2D eigenvalue weighted by Crippen LogP contribution is 2.27. The van der Waals surface area contributed by atoms with E-state index in [2.05, 4.69) is 4.98 Å². The number of carbonyl (C=O) groups is 1. The quantitative estimate of drug-likeness (QED) is 0.616. The molecule has 0 spiro atoms. The van der Waals surface area contributed by atoms with Crippen LogP contribution < -0.4 is 4.74 Å². The van der Waals surface area contributed by atoms with Gasteiger partial charge in [-0.3, -0.25) is 19.9 Å². The first-order valence-electron chi connectivity index (χ1n) is 8.15. The van der Waals surface area contributed by atoms with Gasteiger partial charge in [0.15, 0.2) is 0 Å². The predicted octanol–water partition coefficient (Wildman–Crippen LogP) is 2.52. The van der Waals surface area contributed by atoms with Crippen molar-refractivity contribution in [2.45, 2.75) is 13.0 Å². The molecule has 0 radical (unpaired) electrons. The van der Waals surface area contributed by atoms with E-state index < -0.39 is 4.92 Å². The molecule has 8 heteroatoms. The lowest BCUT2D eigenvalue weighted by molar-refractivity contribution is -0.385. The van der Waals surface area contributed by atoms with E-state index in [1.165, 1.54) is 6.07 Å². The Kier molecular flexibility index (Phi) is 5.13. The lowest BCUT2D eigenvalue weighted by Crippen LogP contribution is -2.42. The summed E-state index contributed by atoms with van der Waals surface area (Å²) < 4.78 is 11.0. The Hall–Kier alpha value is -3.00. The van der Waals surface area contributed by atoms with Crippen LogP contribution in [-0.4, -0.2) is 47.5 Å². The van der Waals surface area contributed by atoms with Gasteiger partial charge in [-0.1, -0.05) is 12.1 Å². The molecule has 2 aromatic rings. The number of nitrogens with zero attached hydrogens (tertiary/aromatic N) is 3. The number of rotatable bonds is 4. The van der Waals surface area contributed by atoms with Gasteiger partial charge in [0, 0.05) is 12.6 Å². The maximum Gasteiger partial charge on any atom is 0.288 e. The number of amides is 1. The van der Waals surface area contributed by atoms with Crippen molar-refractivity contribution >= 4 is 11.6 Å². The lowest BCUT2D eigenvalue weighted by atomic mass is 10.1. The minimum atomic E-state index is -0.554. The number of hydrogen-bond donors (Lipinski definition) is 0. The van der Waals surface area contributed by atoms with Gasteiger partial charge in [-0.15, -0.1) is 0 Å². The van der Waals surface area contributed by atoms with Crippen LogP contribution in [0.25, 0.3) is 0 Å². The fourth-order valence-electron chi connectivity index (χ4n) is 2.89. The van der Waals surface area contributed by atoms with Crippen molar-refractivity contribution in [1.82, 2.24) is 9.88 Å². The number of methoxy groups -OCH3 is 1. The Balaban J connectivity index is 1.82. The smallest absolute Gasteiger partial charge is 0.288 e. The molecule has 1 atom stereocenters. The average Bonchev–Trinajstić information content (AvgIpc) is 2.67. The van der Waals surface area contributed by atoms with Gasteiger partial charge in [0.1, 0.15) is 18.1 Å². The Morgan fingerprint density at radius 3 is 2.96 bits per heavy atom. The molecule has 1 aromatic carbocycles.